The summed E-state index contributed by atoms with van der Waals surface area (Å²) in [5.41, 5.74) is 2.24. The summed E-state index contributed by atoms with van der Waals surface area (Å²) in [6.07, 6.45) is 0. The first-order valence-electron chi connectivity index (χ1n) is 5.71. The van der Waals surface area contributed by atoms with E-state index in [1.807, 2.05) is 11.6 Å². The Morgan fingerprint density at radius 1 is 1.39 bits per heavy atom. The van der Waals surface area contributed by atoms with Crippen LogP contribution in [0.15, 0.2) is 20.4 Å². The lowest BCUT2D eigenvalue weighted by molar-refractivity contribution is 0.544. The van der Waals surface area contributed by atoms with Crippen molar-refractivity contribution in [3.05, 3.63) is 36.7 Å². The summed E-state index contributed by atoms with van der Waals surface area (Å²) in [4.78, 5) is 1.34. The summed E-state index contributed by atoms with van der Waals surface area (Å²) >= 11 is 8.77. The van der Waals surface area contributed by atoms with Gasteiger partial charge in [0.15, 0.2) is 0 Å². The topological polar surface area (TPSA) is 29.9 Å². The molecule has 2 aromatic heterocycles. The fraction of sp³-hybridized carbons (Fsp3) is 0.417. The molecule has 0 saturated carbocycles. The largest absolute Gasteiger partial charge is 0.310 e. The van der Waals surface area contributed by atoms with Gasteiger partial charge in [0.1, 0.15) is 0 Å². The second kappa shape index (κ2) is 6.32. The number of nitrogens with one attached hydrogen (secondary N) is 1. The van der Waals surface area contributed by atoms with Crippen LogP contribution < -0.4 is 5.32 Å². The van der Waals surface area contributed by atoms with E-state index in [0.717, 1.165) is 34.3 Å². The molecule has 2 aromatic rings. The Labute approximate surface area is 128 Å². The van der Waals surface area contributed by atoms with Crippen LogP contribution in [0.5, 0.6) is 0 Å². The Balaban J connectivity index is 1.80. The van der Waals surface area contributed by atoms with Gasteiger partial charge in [-0.1, -0.05) is 0 Å². The Morgan fingerprint density at radius 2 is 2.17 bits per heavy atom. The Kier molecular flexibility index (Phi) is 5.00. The lowest BCUT2D eigenvalue weighted by atomic mass is 10.4. The van der Waals surface area contributed by atoms with Crippen LogP contribution in [-0.4, -0.2) is 16.3 Å². The molecule has 0 atom stereocenters. The Morgan fingerprint density at radius 3 is 2.72 bits per heavy atom. The molecule has 0 unspecified atom stereocenters. The van der Waals surface area contributed by atoms with Crippen molar-refractivity contribution in [3.8, 4) is 0 Å². The molecule has 0 aliphatic heterocycles. The van der Waals surface area contributed by atoms with Crippen molar-refractivity contribution in [2.75, 3.05) is 6.54 Å². The number of halogens is 2. The third-order valence-electron chi connectivity index (χ3n) is 2.71. The molecule has 18 heavy (non-hydrogen) atoms. The zero-order valence-corrected chi connectivity index (χ0v) is 14.3. The van der Waals surface area contributed by atoms with Crippen LogP contribution in [0, 0.1) is 13.8 Å². The number of rotatable bonds is 5. The van der Waals surface area contributed by atoms with Crippen molar-refractivity contribution in [2.24, 2.45) is 0 Å². The fourth-order valence-corrected chi connectivity index (χ4v) is 3.44. The molecular formula is C12H15Br2N3S. The molecule has 0 bridgehead atoms. The van der Waals surface area contributed by atoms with Crippen molar-refractivity contribution in [1.29, 1.82) is 0 Å². The highest BCUT2D eigenvalue weighted by molar-refractivity contribution is 9.10. The molecule has 0 spiro atoms. The van der Waals surface area contributed by atoms with Gasteiger partial charge >= 0.3 is 0 Å². The lowest BCUT2D eigenvalue weighted by Gasteiger charge is -2.05. The van der Waals surface area contributed by atoms with Crippen molar-refractivity contribution in [2.45, 2.75) is 26.9 Å². The number of hydrogen-bond acceptors (Lipinski definition) is 3. The first-order chi connectivity index (χ1) is 8.58. The highest BCUT2D eigenvalue weighted by Crippen LogP contribution is 2.20. The molecule has 0 fully saturated rings. The number of aryl methyl sites for hydroxylation is 1. The van der Waals surface area contributed by atoms with Crippen molar-refractivity contribution in [3.63, 3.8) is 0 Å². The highest BCUT2D eigenvalue weighted by atomic mass is 79.9. The van der Waals surface area contributed by atoms with Crippen LogP contribution in [0.4, 0.5) is 0 Å². The molecular weight excluding hydrogens is 378 g/mol. The summed E-state index contributed by atoms with van der Waals surface area (Å²) in [5.74, 6) is 0. The molecule has 3 nitrogen and oxygen atoms in total. The first kappa shape index (κ1) is 14.2. The standard InChI is InChI=1S/C12H15Br2N3S/c1-8-12(14)9(2)17(16-8)4-3-15-6-11-5-10(13)7-18-11/h5,7,15H,3-4,6H2,1-2H3. The van der Waals surface area contributed by atoms with Gasteiger partial charge < -0.3 is 5.32 Å². The van der Waals surface area contributed by atoms with E-state index in [1.165, 1.54) is 10.6 Å². The van der Waals surface area contributed by atoms with Crippen LogP contribution in [0.2, 0.25) is 0 Å². The van der Waals surface area contributed by atoms with Crippen molar-refractivity contribution >= 4 is 43.2 Å². The summed E-state index contributed by atoms with van der Waals surface area (Å²) < 4.78 is 4.31. The normalized spacial score (nSPS) is 11.1. The van der Waals surface area contributed by atoms with E-state index in [-0.39, 0.29) is 0 Å². The van der Waals surface area contributed by atoms with Gasteiger partial charge in [-0.3, -0.25) is 4.68 Å². The molecule has 0 aliphatic carbocycles. The molecule has 0 aromatic carbocycles. The van der Waals surface area contributed by atoms with Gasteiger partial charge in [-0.15, -0.1) is 11.3 Å². The summed E-state index contributed by atoms with van der Waals surface area (Å²) in [5, 5.41) is 10.0. The molecule has 2 heterocycles. The Hall–Kier alpha value is -0.170. The van der Waals surface area contributed by atoms with E-state index < -0.39 is 0 Å². The SMILES string of the molecule is Cc1nn(CCNCc2cc(Br)cs2)c(C)c1Br. The fourth-order valence-electron chi connectivity index (χ4n) is 1.74. The minimum atomic E-state index is 0.894. The predicted molar refractivity (Wildman–Crippen MR) is 83.1 cm³/mol. The molecule has 2 rings (SSSR count). The number of hydrogen-bond donors (Lipinski definition) is 1. The van der Waals surface area contributed by atoms with Gasteiger partial charge in [0.05, 0.1) is 16.7 Å². The first-order valence-corrected chi connectivity index (χ1v) is 8.17. The quantitative estimate of drug-likeness (QED) is 0.782. The van der Waals surface area contributed by atoms with Gasteiger partial charge in [0, 0.05) is 33.5 Å². The van der Waals surface area contributed by atoms with E-state index in [4.69, 9.17) is 0 Å². The number of aromatic nitrogens is 2. The summed E-state index contributed by atoms with van der Waals surface area (Å²) in [7, 11) is 0. The monoisotopic (exact) mass is 391 g/mol. The zero-order valence-electron chi connectivity index (χ0n) is 10.3. The van der Waals surface area contributed by atoms with Gasteiger partial charge in [0.2, 0.25) is 0 Å². The second-order valence-electron chi connectivity index (χ2n) is 4.12. The summed E-state index contributed by atoms with van der Waals surface area (Å²) in [6.45, 7) is 6.83. The van der Waals surface area contributed by atoms with E-state index in [2.05, 4.69) is 60.6 Å². The summed E-state index contributed by atoms with van der Waals surface area (Å²) in [6, 6.07) is 2.15. The van der Waals surface area contributed by atoms with Crippen molar-refractivity contribution < 1.29 is 0 Å². The number of nitrogens with zero attached hydrogens (tertiary/aromatic N) is 2. The third kappa shape index (κ3) is 3.44. The van der Waals surface area contributed by atoms with E-state index >= 15 is 0 Å². The smallest absolute Gasteiger partial charge is 0.0738 e. The van der Waals surface area contributed by atoms with Crippen LogP contribution in [0.3, 0.4) is 0 Å². The van der Waals surface area contributed by atoms with E-state index in [0.29, 0.717) is 0 Å². The third-order valence-corrected chi connectivity index (χ3v) is 5.56. The van der Waals surface area contributed by atoms with Crippen molar-refractivity contribution in [1.82, 2.24) is 15.1 Å². The van der Waals surface area contributed by atoms with E-state index in [1.54, 1.807) is 11.3 Å². The average molecular weight is 393 g/mol. The maximum Gasteiger partial charge on any atom is 0.0738 e. The minimum Gasteiger partial charge on any atom is -0.310 e. The van der Waals surface area contributed by atoms with Gasteiger partial charge in [0.25, 0.3) is 0 Å². The van der Waals surface area contributed by atoms with Crippen LogP contribution in [0.25, 0.3) is 0 Å². The molecule has 0 radical (unpaired) electrons. The Bertz CT molecular complexity index is 533. The van der Waals surface area contributed by atoms with E-state index in [9.17, 15) is 0 Å². The lowest BCUT2D eigenvalue weighted by Crippen LogP contribution is -2.20. The molecule has 1 N–H and O–H groups in total. The van der Waals surface area contributed by atoms with Gasteiger partial charge in [-0.2, -0.15) is 5.10 Å². The number of thiophene rings is 1. The minimum absolute atomic E-state index is 0.894. The molecule has 0 aliphatic rings. The maximum atomic E-state index is 4.48. The molecule has 0 amide bonds. The maximum absolute atomic E-state index is 4.48. The van der Waals surface area contributed by atoms with Crippen LogP contribution >= 0.6 is 43.2 Å². The van der Waals surface area contributed by atoms with Gasteiger partial charge in [-0.05, 0) is 51.8 Å². The molecule has 0 saturated heterocycles. The predicted octanol–water partition coefficient (Wildman–Crippen LogP) is 3.88. The molecule has 98 valence electrons. The zero-order chi connectivity index (χ0) is 13.1. The van der Waals surface area contributed by atoms with Gasteiger partial charge in [-0.25, -0.2) is 0 Å². The highest BCUT2D eigenvalue weighted by Gasteiger charge is 2.07. The molecule has 6 heteroatoms. The van der Waals surface area contributed by atoms with Crippen LogP contribution in [-0.2, 0) is 13.1 Å². The average Bonchev–Trinajstić information content (AvgIpc) is 2.85. The second-order valence-corrected chi connectivity index (χ2v) is 6.82. The van der Waals surface area contributed by atoms with Crippen LogP contribution in [0.1, 0.15) is 16.3 Å².